The van der Waals surface area contributed by atoms with Gasteiger partial charge in [0, 0.05) is 18.0 Å². The third-order valence-electron chi connectivity index (χ3n) is 5.83. The van der Waals surface area contributed by atoms with Crippen LogP contribution >= 0.6 is 0 Å². The van der Waals surface area contributed by atoms with Gasteiger partial charge in [0.2, 0.25) is 5.89 Å². The van der Waals surface area contributed by atoms with E-state index in [1.54, 1.807) is 18.2 Å². The van der Waals surface area contributed by atoms with Crippen molar-refractivity contribution in [3.05, 3.63) is 84.0 Å². The summed E-state index contributed by atoms with van der Waals surface area (Å²) < 4.78 is 11.1. The summed E-state index contributed by atoms with van der Waals surface area (Å²) in [6, 6.07) is 17.7. The summed E-state index contributed by atoms with van der Waals surface area (Å²) in [4.78, 5) is 19.5. The van der Waals surface area contributed by atoms with Crippen LogP contribution in [0.1, 0.15) is 29.5 Å². The standard InChI is InChI=1S/C24H24N4O3/c1-16-21(25-23(31-16)18-8-10-19(30-2)11-9-18)15-27-12-13-28-22(24(27)29)14-20(26-28)17-6-4-3-5-7-17/h3-13,20,22,26H,14-15H2,1-2H3. The summed E-state index contributed by atoms with van der Waals surface area (Å²) in [5.41, 5.74) is 6.23. The molecule has 31 heavy (non-hydrogen) atoms. The average Bonchev–Trinajstić information content (AvgIpc) is 3.41. The van der Waals surface area contributed by atoms with Gasteiger partial charge >= 0.3 is 0 Å². The van der Waals surface area contributed by atoms with Crippen molar-refractivity contribution in [1.82, 2.24) is 20.3 Å². The fourth-order valence-corrected chi connectivity index (χ4v) is 4.06. The minimum atomic E-state index is -0.233. The molecular formula is C24H24N4O3. The van der Waals surface area contributed by atoms with Gasteiger partial charge in [-0.15, -0.1) is 0 Å². The van der Waals surface area contributed by atoms with Gasteiger partial charge in [-0.25, -0.2) is 10.4 Å². The quantitative estimate of drug-likeness (QED) is 0.682. The summed E-state index contributed by atoms with van der Waals surface area (Å²) in [5.74, 6) is 2.08. The van der Waals surface area contributed by atoms with Crippen LogP contribution in [0.5, 0.6) is 5.75 Å². The zero-order chi connectivity index (χ0) is 21.4. The second-order valence-electron chi connectivity index (χ2n) is 7.77. The van der Waals surface area contributed by atoms with Gasteiger partial charge in [0.05, 0.1) is 19.7 Å². The van der Waals surface area contributed by atoms with Gasteiger partial charge in [0.15, 0.2) is 0 Å². The molecule has 2 unspecified atom stereocenters. The van der Waals surface area contributed by atoms with Gasteiger partial charge in [0.1, 0.15) is 23.2 Å². The number of ether oxygens (including phenoxy) is 1. The number of hydrazine groups is 1. The summed E-state index contributed by atoms with van der Waals surface area (Å²) >= 11 is 0. The first-order chi connectivity index (χ1) is 15.1. The molecule has 7 nitrogen and oxygen atoms in total. The molecule has 1 aromatic heterocycles. The van der Waals surface area contributed by atoms with E-state index < -0.39 is 0 Å². The van der Waals surface area contributed by atoms with Crippen molar-refractivity contribution in [2.75, 3.05) is 7.11 Å². The molecule has 1 amide bonds. The Morgan fingerprint density at radius 1 is 1.13 bits per heavy atom. The third kappa shape index (κ3) is 3.68. The Bertz CT molecular complexity index is 1110. The fraction of sp³-hybridized carbons (Fsp3) is 0.250. The molecule has 0 spiro atoms. The van der Waals surface area contributed by atoms with E-state index >= 15 is 0 Å². The number of methoxy groups -OCH3 is 1. The van der Waals surface area contributed by atoms with E-state index in [9.17, 15) is 4.79 Å². The third-order valence-corrected chi connectivity index (χ3v) is 5.83. The smallest absolute Gasteiger partial charge is 0.251 e. The van der Waals surface area contributed by atoms with Gasteiger partial charge in [-0.2, -0.15) is 0 Å². The highest BCUT2D eigenvalue weighted by Gasteiger charge is 2.40. The van der Waals surface area contributed by atoms with Crippen LogP contribution in [0.3, 0.4) is 0 Å². The number of carbonyl (C=O) groups is 1. The lowest BCUT2D eigenvalue weighted by atomic mass is 10.0. The molecule has 0 bridgehead atoms. The average molecular weight is 416 g/mol. The highest BCUT2D eigenvalue weighted by molar-refractivity contribution is 5.84. The van der Waals surface area contributed by atoms with Gasteiger partial charge < -0.3 is 19.1 Å². The molecule has 158 valence electrons. The van der Waals surface area contributed by atoms with E-state index in [1.165, 1.54) is 5.56 Å². The molecule has 7 heteroatoms. The Kier molecular flexibility index (Phi) is 4.95. The molecule has 3 aromatic rings. The summed E-state index contributed by atoms with van der Waals surface area (Å²) in [7, 11) is 1.63. The maximum Gasteiger partial charge on any atom is 0.251 e. The van der Waals surface area contributed by atoms with Crippen molar-refractivity contribution in [2.45, 2.75) is 32.0 Å². The number of rotatable bonds is 5. The van der Waals surface area contributed by atoms with Gasteiger partial charge in [-0.3, -0.25) is 4.79 Å². The molecule has 0 radical (unpaired) electrons. The molecule has 1 fully saturated rings. The highest BCUT2D eigenvalue weighted by Crippen LogP contribution is 2.31. The van der Waals surface area contributed by atoms with Crippen LogP contribution in [0.4, 0.5) is 0 Å². The molecule has 0 aliphatic carbocycles. The number of carbonyl (C=O) groups excluding carboxylic acids is 1. The molecule has 2 aliphatic heterocycles. The number of aryl methyl sites for hydroxylation is 1. The summed E-state index contributed by atoms with van der Waals surface area (Å²) in [6.07, 6.45) is 4.45. The van der Waals surface area contributed by atoms with Crippen molar-refractivity contribution >= 4 is 5.91 Å². The second-order valence-corrected chi connectivity index (χ2v) is 7.77. The first-order valence-electron chi connectivity index (χ1n) is 10.3. The van der Waals surface area contributed by atoms with Crippen LogP contribution in [0.2, 0.25) is 0 Å². The van der Waals surface area contributed by atoms with Crippen molar-refractivity contribution in [3.8, 4) is 17.2 Å². The molecular weight excluding hydrogens is 392 g/mol. The Morgan fingerprint density at radius 2 is 1.90 bits per heavy atom. The predicted octanol–water partition coefficient (Wildman–Crippen LogP) is 3.79. The van der Waals surface area contributed by atoms with Crippen molar-refractivity contribution < 1.29 is 13.9 Å². The molecule has 2 aromatic carbocycles. The zero-order valence-electron chi connectivity index (χ0n) is 17.5. The topological polar surface area (TPSA) is 70.8 Å². The monoisotopic (exact) mass is 416 g/mol. The largest absolute Gasteiger partial charge is 0.497 e. The Hall–Kier alpha value is -3.58. The lowest BCUT2D eigenvalue weighted by Crippen LogP contribution is -2.47. The van der Waals surface area contributed by atoms with Crippen LogP contribution in [0, 0.1) is 6.92 Å². The zero-order valence-corrected chi connectivity index (χ0v) is 17.5. The SMILES string of the molecule is COc1ccc(-c2nc(CN3C=CN4NC(c5ccccc5)CC4C3=O)c(C)o2)cc1. The number of benzene rings is 2. The minimum Gasteiger partial charge on any atom is -0.497 e. The number of fused-ring (bicyclic) bond motifs is 1. The normalized spacial score (nSPS) is 20.3. The Balaban J connectivity index is 1.31. The van der Waals surface area contributed by atoms with Crippen molar-refractivity contribution in [2.24, 2.45) is 0 Å². The maximum absolute atomic E-state index is 13.2. The number of hydrogen-bond donors (Lipinski definition) is 1. The number of nitrogens with one attached hydrogen (secondary N) is 1. The van der Waals surface area contributed by atoms with Crippen LogP contribution in [-0.4, -0.2) is 34.0 Å². The lowest BCUT2D eigenvalue weighted by molar-refractivity contribution is -0.135. The highest BCUT2D eigenvalue weighted by atomic mass is 16.5. The van der Waals surface area contributed by atoms with E-state index in [1.807, 2.05) is 60.6 Å². The van der Waals surface area contributed by atoms with Crippen LogP contribution in [0.25, 0.3) is 11.5 Å². The van der Waals surface area contributed by atoms with Crippen LogP contribution < -0.4 is 10.2 Å². The van der Waals surface area contributed by atoms with Gasteiger partial charge in [-0.05, 0) is 43.2 Å². The van der Waals surface area contributed by atoms with E-state index in [4.69, 9.17) is 9.15 Å². The molecule has 0 saturated carbocycles. The molecule has 2 atom stereocenters. The first kappa shape index (κ1) is 19.4. The number of hydrogen-bond acceptors (Lipinski definition) is 6. The molecule has 1 N–H and O–H groups in total. The van der Waals surface area contributed by atoms with Crippen molar-refractivity contribution in [1.29, 1.82) is 0 Å². The van der Waals surface area contributed by atoms with Gasteiger partial charge in [-0.1, -0.05) is 30.3 Å². The maximum atomic E-state index is 13.2. The molecule has 3 heterocycles. The first-order valence-corrected chi connectivity index (χ1v) is 10.3. The number of nitrogens with zero attached hydrogens (tertiary/aromatic N) is 3. The number of aromatic nitrogens is 1. The minimum absolute atomic E-state index is 0.0572. The van der Waals surface area contributed by atoms with E-state index in [2.05, 4.69) is 22.5 Å². The number of amides is 1. The van der Waals surface area contributed by atoms with E-state index in [0.717, 1.165) is 23.4 Å². The Labute approximate surface area is 180 Å². The Morgan fingerprint density at radius 3 is 2.65 bits per heavy atom. The summed E-state index contributed by atoms with van der Waals surface area (Å²) in [5, 5.41) is 1.91. The van der Waals surface area contributed by atoms with E-state index in [0.29, 0.717) is 18.2 Å². The molecule has 1 saturated heterocycles. The predicted molar refractivity (Wildman–Crippen MR) is 115 cm³/mol. The van der Waals surface area contributed by atoms with E-state index in [-0.39, 0.29) is 18.0 Å². The molecule has 2 aliphatic rings. The van der Waals surface area contributed by atoms with Crippen molar-refractivity contribution in [3.63, 3.8) is 0 Å². The second kappa shape index (κ2) is 7.92. The molecule has 5 rings (SSSR count). The van der Waals surface area contributed by atoms with Crippen LogP contribution in [0.15, 0.2) is 71.4 Å². The lowest BCUT2D eigenvalue weighted by Gasteiger charge is -2.31. The van der Waals surface area contributed by atoms with Crippen LogP contribution in [-0.2, 0) is 11.3 Å². The van der Waals surface area contributed by atoms with Gasteiger partial charge in [0.25, 0.3) is 5.91 Å². The number of oxazole rings is 1. The summed E-state index contributed by atoms with van der Waals surface area (Å²) in [6.45, 7) is 2.25. The fourth-order valence-electron chi connectivity index (χ4n) is 4.06.